The van der Waals surface area contributed by atoms with Crippen LogP contribution in [-0.4, -0.2) is 29.7 Å². The van der Waals surface area contributed by atoms with Crippen LogP contribution < -0.4 is 10.2 Å². The second-order valence-corrected chi connectivity index (χ2v) is 5.70. The van der Waals surface area contributed by atoms with Crippen LogP contribution in [-0.2, 0) is 4.79 Å². The number of aliphatic imine (C=N–C) groups is 1. The summed E-state index contributed by atoms with van der Waals surface area (Å²) in [5.74, 6) is -0.859. The zero-order valence-electron chi connectivity index (χ0n) is 13.6. The van der Waals surface area contributed by atoms with Crippen LogP contribution in [0.25, 0.3) is 0 Å². The van der Waals surface area contributed by atoms with Gasteiger partial charge in [0.1, 0.15) is 17.9 Å². The lowest BCUT2D eigenvalue weighted by atomic mass is 10.1. The monoisotopic (exact) mass is 340 g/mol. The Hall–Kier alpha value is -3.09. The number of carbonyl (C=O) groups is 2. The van der Waals surface area contributed by atoms with E-state index < -0.39 is 17.9 Å². The Morgan fingerprint density at radius 2 is 2.04 bits per heavy atom. The van der Waals surface area contributed by atoms with E-state index in [4.69, 9.17) is 0 Å². The zero-order valence-corrected chi connectivity index (χ0v) is 13.6. The van der Waals surface area contributed by atoms with E-state index in [1.807, 2.05) is 37.3 Å². The first-order valence-corrected chi connectivity index (χ1v) is 7.87. The molecule has 1 aromatic heterocycles. The molecule has 1 saturated heterocycles. The fraction of sp³-hybridized carbons (Fsp3) is 0.222. The summed E-state index contributed by atoms with van der Waals surface area (Å²) in [6, 6.07) is 13.0. The number of benzene rings is 1. The van der Waals surface area contributed by atoms with Gasteiger partial charge in [-0.25, -0.2) is 9.78 Å². The molecule has 0 radical (unpaired) electrons. The first-order chi connectivity index (χ1) is 12.1. The van der Waals surface area contributed by atoms with E-state index in [9.17, 15) is 14.0 Å². The summed E-state index contributed by atoms with van der Waals surface area (Å²) >= 11 is 0. The largest absolute Gasteiger partial charge is 0.328 e. The molecule has 0 spiro atoms. The van der Waals surface area contributed by atoms with Gasteiger partial charge in [0.15, 0.2) is 0 Å². The summed E-state index contributed by atoms with van der Waals surface area (Å²) < 4.78 is 13.3. The van der Waals surface area contributed by atoms with Gasteiger partial charge in [-0.2, -0.15) is 4.39 Å². The van der Waals surface area contributed by atoms with Crippen LogP contribution in [0, 0.1) is 11.9 Å². The second-order valence-electron chi connectivity index (χ2n) is 5.70. The van der Waals surface area contributed by atoms with E-state index in [2.05, 4.69) is 15.3 Å². The molecule has 6 nitrogen and oxygen atoms in total. The summed E-state index contributed by atoms with van der Waals surface area (Å²) in [4.78, 5) is 33.2. The van der Waals surface area contributed by atoms with E-state index in [-0.39, 0.29) is 18.4 Å². The lowest BCUT2D eigenvalue weighted by Gasteiger charge is -2.31. The standard InChI is InChI=1S/C18H17FN4O2/c1-12(13-6-3-2-4-7-13)20-17-14(11-24)10-23(18(25)22-17)16-9-5-8-15(19)21-16/h2-9,11-12,14H,10H2,1H3,(H,20,22,25). The minimum absolute atomic E-state index is 0.0616. The Labute approximate surface area is 144 Å². The van der Waals surface area contributed by atoms with Crippen molar-refractivity contribution in [3.63, 3.8) is 0 Å². The molecule has 0 bridgehead atoms. The number of amides is 2. The van der Waals surface area contributed by atoms with E-state index in [1.165, 1.54) is 23.1 Å². The number of pyridine rings is 1. The summed E-state index contributed by atoms with van der Waals surface area (Å²) in [7, 11) is 0. The number of halogens is 1. The molecule has 2 aromatic rings. The van der Waals surface area contributed by atoms with Crippen LogP contribution in [0.4, 0.5) is 15.0 Å². The normalized spacial score (nSPS) is 20.2. The van der Waals surface area contributed by atoms with Crippen molar-refractivity contribution in [2.45, 2.75) is 13.0 Å². The van der Waals surface area contributed by atoms with Crippen LogP contribution in [0.2, 0.25) is 0 Å². The number of rotatable bonds is 4. The average Bonchev–Trinajstić information content (AvgIpc) is 2.62. The average molecular weight is 340 g/mol. The molecular weight excluding hydrogens is 323 g/mol. The predicted octanol–water partition coefficient (Wildman–Crippen LogP) is 2.73. The minimum atomic E-state index is -0.690. The molecule has 1 N–H and O–H groups in total. The molecule has 7 heteroatoms. The van der Waals surface area contributed by atoms with Gasteiger partial charge in [-0.1, -0.05) is 36.4 Å². The third-order valence-electron chi connectivity index (χ3n) is 3.97. The highest BCUT2D eigenvalue weighted by atomic mass is 19.1. The Morgan fingerprint density at radius 3 is 2.72 bits per heavy atom. The molecule has 2 heterocycles. The first kappa shape index (κ1) is 16.8. The van der Waals surface area contributed by atoms with Crippen LogP contribution in [0.15, 0.2) is 53.5 Å². The topological polar surface area (TPSA) is 74.7 Å². The molecule has 2 amide bonds. The molecule has 2 atom stereocenters. The highest BCUT2D eigenvalue weighted by Crippen LogP contribution is 2.21. The zero-order chi connectivity index (χ0) is 17.8. The van der Waals surface area contributed by atoms with Gasteiger partial charge in [0.25, 0.3) is 0 Å². The maximum Gasteiger partial charge on any atom is 0.328 e. The van der Waals surface area contributed by atoms with Gasteiger partial charge in [0.2, 0.25) is 5.95 Å². The van der Waals surface area contributed by atoms with Gasteiger partial charge in [-0.15, -0.1) is 0 Å². The number of anilines is 1. The SMILES string of the molecule is CC(N=C1NC(=O)N(c2cccc(F)n2)CC1C=O)c1ccccc1. The van der Waals surface area contributed by atoms with Crippen molar-refractivity contribution in [3.05, 3.63) is 60.0 Å². The number of nitrogens with one attached hydrogen (secondary N) is 1. The lowest BCUT2D eigenvalue weighted by molar-refractivity contribution is -0.109. The molecule has 3 rings (SSSR count). The molecule has 0 saturated carbocycles. The third kappa shape index (κ3) is 3.71. The molecule has 1 aliphatic heterocycles. The molecule has 25 heavy (non-hydrogen) atoms. The third-order valence-corrected chi connectivity index (χ3v) is 3.97. The van der Waals surface area contributed by atoms with Gasteiger partial charge in [-0.05, 0) is 24.6 Å². The molecule has 1 aromatic carbocycles. The van der Waals surface area contributed by atoms with E-state index >= 15 is 0 Å². The molecule has 128 valence electrons. The molecule has 0 aliphatic carbocycles. The van der Waals surface area contributed by atoms with Gasteiger partial charge in [0.05, 0.1) is 12.0 Å². The maximum absolute atomic E-state index is 13.3. The predicted molar refractivity (Wildman–Crippen MR) is 91.9 cm³/mol. The number of urea groups is 1. The highest BCUT2D eigenvalue weighted by molar-refractivity contribution is 6.12. The number of hydrogen-bond acceptors (Lipinski definition) is 4. The van der Waals surface area contributed by atoms with Crippen LogP contribution in [0.5, 0.6) is 0 Å². The Balaban J connectivity index is 1.83. The second kappa shape index (κ2) is 7.21. The first-order valence-electron chi connectivity index (χ1n) is 7.87. The highest BCUT2D eigenvalue weighted by Gasteiger charge is 2.32. The van der Waals surface area contributed by atoms with Crippen molar-refractivity contribution in [1.29, 1.82) is 0 Å². The number of nitrogens with zero attached hydrogens (tertiary/aromatic N) is 3. The molecule has 2 unspecified atom stereocenters. The van der Waals surface area contributed by atoms with Crippen molar-refractivity contribution < 1.29 is 14.0 Å². The number of hydrogen-bond donors (Lipinski definition) is 1. The Bertz CT molecular complexity index is 810. The van der Waals surface area contributed by atoms with Gasteiger partial charge in [-0.3, -0.25) is 15.2 Å². The van der Waals surface area contributed by atoms with Crippen molar-refractivity contribution in [2.24, 2.45) is 10.9 Å². The van der Waals surface area contributed by atoms with E-state index in [1.54, 1.807) is 0 Å². The number of aldehydes is 1. The van der Waals surface area contributed by atoms with Crippen molar-refractivity contribution in [3.8, 4) is 0 Å². The molecule has 1 fully saturated rings. The van der Waals surface area contributed by atoms with Gasteiger partial charge >= 0.3 is 6.03 Å². The van der Waals surface area contributed by atoms with Crippen LogP contribution >= 0.6 is 0 Å². The van der Waals surface area contributed by atoms with Gasteiger partial charge < -0.3 is 4.79 Å². The van der Waals surface area contributed by atoms with Crippen LogP contribution in [0.3, 0.4) is 0 Å². The Kier molecular flexibility index (Phi) is 4.83. The summed E-state index contributed by atoms with van der Waals surface area (Å²) in [5.41, 5.74) is 0.975. The Morgan fingerprint density at radius 1 is 1.28 bits per heavy atom. The summed E-state index contributed by atoms with van der Waals surface area (Å²) in [6.07, 6.45) is 0.724. The smallest absolute Gasteiger partial charge is 0.303 e. The molecule has 1 aliphatic rings. The quantitative estimate of drug-likeness (QED) is 0.687. The molecular formula is C18H17FN4O2. The number of carbonyl (C=O) groups excluding carboxylic acids is 2. The summed E-state index contributed by atoms with van der Waals surface area (Å²) in [5, 5.41) is 2.63. The number of aromatic nitrogens is 1. The van der Waals surface area contributed by atoms with Crippen LogP contribution in [0.1, 0.15) is 18.5 Å². The lowest BCUT2D eigenvalue weighted by Crippen LogP contribution is -2.55. The minimum Gasteiger partial charge on any atom is -0.303 e. The van der Waals surface area contributed by atoms with Gasteiger partial charge in [0, 0.05) is 6.54 Å². The van der Waals surface area contributed by atoms with E-state index in [0.717, 1.165) is 11.8 Å². The maximum atomic E-state index is 13.3. The van der Waals surface area contributed by atoms with E-state index in [0.29, 0.717) is 5.84 Å². The summed E-state index contributed by atoms with van der Waals surface area (Å²) in [6.45, 7) is 1.95. The van der Waals surface area contributed by atoms with Crippen molar-refractivity contribution >= 4 is 24.0 Å². The fourth-order valence-corrected chi connectivity index (χ4v) is 2.63. The van der Waals surface area contributed by atoms with Crippen molar-refractivity contribution in [2.75, 3.05) is 11.4 Å². The number of amidine groups is 1. The fourth-order valence-electron chi connectivity index (χ4n) is 2.63. The van der Waals surface area contributed by atoms with Crippen molar-refractivity contribution in [1.82, 2.24) is 10.3 Å².